The fraction of sp³-hybridized carbons (Fsp3) is 0.182. The van der Waals surface area contributed by atoms with E-state index in [9.17, 15) is 0 Å². The van der Waals surface area contributed by atoms with Gasteiger partial charge in [0.25, 0.3) is 0 Å². The van der Waals surface area contributed by atoms with Crippen molar-refractivity contribution in [1.82, 2.24) is 0 Å². The third kappa shape index (κ3) is 3.43. The third-order valence-corrected chi connectivity index (χ3v) is 4.34. The molecule has 3 aromatic carbocycles. The standard InChI is InChI=1S/C22H23NO/c1-15-6-4-7-16(2)22(15)19-9-5-8-18(13-19)14-24-20-10-11-21(23)17(3)12-20/h4-13H,14,23H2,1-3H3. The summed E-state index contributed by atoms with van der Waals surface area (Å²) in [4.78, 5) is 0. The Morgan fingerprint density at radius 1 is 0.792 bits per heavy atom. The normalized spacial score (nSPS) is 10.6. The van der Waals surface area contributed by atoms with Crippen molar-refractivity contribution in [3.63, 3.8) is 0 Å². The molecule has 0 aliphatic heterocycles. The molecule has 0 amide bonds. The van der Waals surface area contributed by atoms with E-state index in [-0.39, 0.29) is 0 Å². The lowest BCUT2D eigenvalue weighted by molar-refractivity contribution is 0.306. The molecule has 24 heavy (non-hydrogen) atoms. The summed E-state index contributed by atoms with van der Waals surface area (Å²) in [6.07, 6.45) is 0. The molecule has 0 atom stereocenters. The molecule has 2 heteroatoms. The van der Waals surface area contributed by atoms with Crippen molar-refractivity contribution in [3.8, 4) is 16.9 Å². The summed E-state index contributed by atoms with van der Waals surface area (Å²) >= 11 is 0. The van der Waals surface area contributed by atoms with E-state index in [4.69, 9.17) is 10.5 Å². The van der Waals surface area contributed by atoms with Gasteiger partial charge >= 0.3 is 0 Å². The Morgan fingerprint density at radius 2 is 1.50 bits per heavy atom. The molecule has 0 radical (unpaired) electrons. The number of nitrogens with two attached hydrogens (primary N) is 1. The van der Waals surface area contributed by atoms with Crippen LogP contribution in [0.3, 0.4) is 0 Å². The summed E-state index contributed by atoms with van der Waals surface area (Å²) < 4.78 is 5.92. The zero-order valence-corrected chi connectivity index (χ0v) is 14.5. The van der Waals surface area contributed by atoms with Crippen LogP contribution < -0.4 is 10.5 Å². The van der Waals surface area contributed by atoms with Gasteiger partial charge in [-0.2, -0.15) is 0 Å². The first-order valence-corrected chi connectivity index (χ1v) is 8.19. The van der Waals surface area contributed by atoms with Crippen molar-refractivity contribution >= 4 is 5.69 Å². The fourth-order valence-electron chi connectivity index (χ4n) is 2.99. The molecule has 0 fully saturated rings. The quantitative estimate of drug-likeness (QED) is 0.650. The molecule has 3 rings (SSSR count). The smallest absolute Gasteiger partial charge is 0.120 e. The minimum Gasteiger partial charge on any atom is -0.489 e. The number of nitrogen functional groups attached to an aromatic ring is 1. The minimum atomic E-state index is 0.544. The second kappa shape index (κ2) is 6.79. The molecule has 0 aromatic heterocycles. The van der Waals surface area contributed by atoms with Gasteiger partial charge in [0.15, 0.2) is 0 Å². The Bertz CT molecular complexity index is 847. The fourth-order valence-corrected chi connectivity index (χ4v) is 2.99. The number of hydrogen-bond acceptors (Lipinski definition) is 2. The molecular weight excluding hydrogens is 294 g/mol. The van der Waals surface area contributed by atoms with Crippen LogP contribution in [-0.4, -0.2) is 0 Å². The lowest BCUT2D eigenvalue weighted by atomic mass is 9.95. The molecule has 2 N–H and O–H groups in total. The summed E-state index contributed by atoms with van der Waals surface area (Å²) in [5.41, 5.74) is 14.0. The van der Waals surface area contributed by atoms with Crippen LogP contribution in [0.15, 0.2) is 60.7 Å². The van der Waals surface area contributed by atoms with Gasteiger partial charge in [0, 0.05) is 5.69 Å². The highest BCUT2D eigenvalue weighted by Crippen LogP contribution is 2.28. The first-order valence-electron chi connectivity index (χ1n) is 8.19. The Labute approximate surface area is 143 Å². The van der Waals surface area contributed by atoms with E-state index in [1.54, 1.807) is 0 Å². The molecule has 0 spiro atoms. The Morgan fingerprint density at radius 3 is 2.21 bits per heavy atom. The third-order valence-electron chi connectivity index (χ3n) is 4.34. The van der Waals surface area contributed by atoms with Gasteiger partial charge in [0.05, 0.1) is 0 Å². The molecule has 2 nitrogen and oxygen atoms in total. The van der Waals surface area contributed by atoms with E-state index >= 15 is 0 Å². The second-order valence-corrected chi connectivity index (χ2v) is 6.27. The van der Waals surface area contributed by atoms with Crippen molar-refractivity contribution in [2.24, 2.45) is 0 Å². The number of anilines is 1. The lowest BCUT2D eigenvalue weighted by Gasteiger charge is -2.12. The highest BCUT2D eigenvalue weighted by atomic mass is 16.5. The largest absolute Gasteiger partial charge is 0.489 e. The molecule has 0 unspecified atom stereocenters. The van der Waals surface area contributed by atoms with Crippen molar-refractivity contribution < 1.29 is 4.74 Å². The number of benzene rings is 3. The second-order valence-electron chi connectivity index (χ2n) is 6.27. The van der Waals surface area contributed by atoms with Crippen molar-refractivity contribution in [3.05, 3.63) is 82.9 Å². The lowest BCUT2D eigenvalue weighted by Crippen LogP contribution is -1.97. The number of ether oxygens (including phenoxy) is 1. The van der Waals surface area contributed by atoms with Crippen LogP contribution in [0.25, 0.3) is 11.1 Å². The molecular formula is C22H23NO. The maximum Gasteiger partial charge on any atom is 0.120 e. The van der Waals surface area contributed by atoms with Crippen molar-refractivity contribution in [2.45, 2.75) is 27.4 Å². The highest BCUT2D eigenvalue weighted by molar-refractivity contribution is 5.71. The Kier molecular flexibility index (Phi) is 4.57. The van der Waals surface area contributed by atoms with E-state index in [2.05, 4.69) is 56.3 Å². The van der Waals surface area contributed by atoms with E-state index < -0.39 is 0 Å². The van der Waals surface area contributed by atoms with Gasteiger partial charge in [0.2, 0.25) is 0 Å². The monoisotopic (exact) mass is 317 g/mol. The predicted molar refractivity (Wildman–Crippen MR) is 101 cm³/mol. The Hall–Kier alpha value is -2.74. The summed E-state index contributed by atoms with van der Waals surface area (Å²) in [7, 11) is 0. The van der Waals surface area contributed by atoms with Crippen LogP contribution in [-0.2, 0) is 6.61 Å². The van der Waals surface area contributed by atoms with Crippen molar-refractivity contribution in [1.29, 1.82) is 0 Å². The molecule has 0 heterocycles. The maximum atomic E-state index is 5.92. The summed E-state index contributed by atoms with van der Waals surface area (Å²) in [6, 6.07) is 20.7. The van der Waals surface area contributed by atoms with Gasteiger partial charge in [-0.3, -0.25) is 0 Å². The van der Waals surface area contributed by atoms with E-state index in [0.29, 0.717) is 6.61 Å². The van der Waals surface area contributed by atoms with Gasteiger partial charge < -0.3 is 10.5 Å². The van der Waals surface area contributed by atoms with Gasteiger partial charge in [-0.05, 0) is 78.4 Å². The van der Waals surface area contributed by atoms with Crippen LogP contribution in [0, 0.1) is 20.8 Å². The highest BCUT2D eigenvalue weighted by Gasteiger charge is 2.06. The van der Waals surface area contributed by atoms with Gasteiger partial charge in [-0.25, -0.2) is 0 Å². The van der Waals surface area contributed by atoms with Crippen molar-refractivity contribution in [2.75, 3.05) is 5.73 Å². The predicted octanol–water partition coefficient (Wildman–Crippen LogP) is 5.44. The summed E-state index contributed by atoms with van der Waals surface area (Å²) in [5.74, 6) is 0.846. The first kappa shape index (κ1) is 16.1. The van der Waals surface area contributed by atoms with Gasteiger partial charge in [-0.15, -0.1) is 0 Å². The average Bonchev–Trinajstić information content (AvgIpc) is 2.56. The molecule has 0 aliphatic carbocycles. The minimum absolute atomic E-state index is 0.544. The van der Waals surface area contributed by atoms with E-state index in [0.717, 1.165) is 22.6 Å². The van der Waals surface area contributed by atoms with Crippen LogP contribution >= 0.6 is 0 Å². The number of aryl methyl sites for hydroxylation is 3. The summed E-state index contributed by atoms with van der Waals surface area (Å²) in [6.45, 7) is 6.84. The van der Waals surface area contributed by atoms with E-state index in [1.807, 2.05) is 25.1 Å². The zero-order valence-electron chi connectivity index (χ0n) is 14.5. The molecule has 3 aromatic rings. The van der Waals surface area contributed by atoms with Crippen LogP contribution in [0.5, 0.6) is 5.75 Å². The maximum absolute atomic E-state index is 5.92. The first-order chi connectivity index (χ1) is 11.5. The average molecular weight is 317 g/mol. The van der Waals surface area contributed by atoms with Gasteiger partial charge in [0.1, 0.15) is 12.4 Å². The zero-order chi connectivity index (χ0) is 17.1. The number of rotatable bonds is 4. The molecule has 0 aliphatic rings. The van der Waals surface area contributed by atoms with Crippen LogP contribution in [0.4, 0.5) is 5.69 Å². The van der Waals surface area contributed by atoms with Crippen LogP contribution in [0.1, 0.15) is 22.3 Å². The molecule has 0 saturated heterocycles. The Balaban J connectivity index is 1.82. The molecule has 0 saturated carbocycles. The molecule has 0 bridgehead atoms. The number of hydrogen-bond donors (Lipinski definition) is 1. The SMILES string of the molecule is Cc1cc(OCc2cccc(-c3c(C)cccc3C)c2)ccc1N. The molecule has 122 valence electrons. The topological polar surface area (TPSA) is 35.2 Å². The van der Waals surface area contributed by atoms with Crippen LogP contribution in [0.2, 0.25) is 0 Å². The van der Waals surface area contributed by atoms with Gasteiger partial charge in [-0.1, -0.05) is 36.4 Å². The summed E-state index contributed by atoms with van der Waals surface area (Å²) in [5, 5.41) is 0. The van der Waals surface area contributed by atoms with E-state index in [1.165, 1.54) is 22.3 Å².